The van der Waals surface area contributed by atoms with Crippen molar-refractivity contribution in [2.75, 3.05) is 32.9 Å². The maximum atomic E-state index is 12.8. The lowest BCUT2D eigenvalue weighted by Gasteiger charge is -2.27. The van der Waals surface area contributed by atoms with Crippen molar-refractivity contribution >= 4 is 11.9 Å². The quantitative estimate of drug-likeness (QED) is 0.802. The van der Waals surface area contributed by atoms with E-state index < -0.39 is 0 Å². The Bertz CT molecular complexity index is 898. The van der Waals surface area contributed by atoms with Gasteiger partial charge in [-0.15, -0.1) is 0 Å². The Labute approximate surface area is 163 Å². The number of aromatic hydroxyl groups is 1. The number of rotatable bonds is 5. The molecule has 28 heavy (non-hydrogen) atoms. The van der Waals surface area contributed by atoms with Gasteiger partial charge in [0.25, 0.3) is 0 Å². The van der Waals surface area contributed by atoms with Crippen LogP contribution in [0.2, 0.25) is 0 Å². The molecule has 0 radical (unpaired) electrons. The lowest BCUT2D eigenvalue weighted by Crippen LogP contribution is -2.35. The maximum Gasteiger partial charge on any atom is 0.231 e. The number of nitrogens with zero attached hydrogens (tertiary/aromatic N) is 1. The summed E-state index contributed by atoms with van der Waals surface area (Å²) in [4.78, 5) is 15.0. The Balaban J connectivity index is 1.59. The summed E-state index contributed by atoms with van der Waals surface area (Å²) in [6, 6.07) is 10.7. The minimum Gasteiger partial charge on any atom is -0.507 e. The van der Waals surface area contributed by atoms with Gasteiger partial charge in [0.05, 0.1) is 30.9 Å². The van der Waals surface area contributed by atoms with E-state index in [-0.39, 0.29) is 17.3 Å². The zero-order chi connectivity index (χ0) is 19.5. The van der Waals surface area contributed by atoms with Crippen LogP contribution < -0.4 is 9.47 Å². The maximum absolute atomic E-state index is 12.8. The van der Waals surface area contributed by atoms with E-state index in [2.05, 4.69) is 4.90 Å². The molecule has 146 valence electrons. The summed E-state index contributed by atoms with van der Waals surface area (Å²) in [6.45, 7) is 5.95. The van der Waals surface area contributed by atoms with E-state index in [1.165, 1.54) is 0 Å². The Morgan fingerprint density at radius 1 is 1.14 bits per heavy atom. The number of ketones is 1. The molecule has 6 nitrogen and oxygen atoms in total. The minimum atomic E-state index is -0.174. The first-order chi connectivity index (χ1) is 13.7. The molecule has 2 aliphatic heterocycles. The first-order valence-corrected chi connectivity index (χ1v) is 9.47. The van der Waals surface area contributed by atoms with Crippen LogP contribution >= 0.6 is 0 Å². The monoisotopic (exact) mass is 381 g/mol. The molecule has 2 aromatic carbocycles. The number of morpholine rings is 1. The normalized spacial score (nSPS) is 18.2. The van der Waals surface area contributed by atoms with Crippen LogP contribution in [0.1, 0.15) is 28.4 Å². The van der Waals surface area contributed by atoms with Crippen molar-refractivity contribution in [1.82, 2.24) is 4.90 Å². The lowest BCUT2D eigenvalue weighted by atomic mass is 10.0. The van der Waals surface area contributed by atoms with Gasteiger partial charge >= 0.3 is 0 Å². The third-order valence-electron chi connectivity index (χ3n) is 4.89. The van der Waals surface area contributed by atoms with Crippen LogP contribution in [0.4, 0.5) is 0 Å². The van der Waals surface area contributed by atoms with Crippen molar-refractivity contribution < 1.29 is 24.1 Å². The molecule has 1 saturated heterocycles. The summed E-state index contributed by atoms with van der Waals surface area (Å²) >= 11 is 0. The Hall–Kier alpha value is -2.83. The van der Waals surface area contributed by atoms with Gasteiger partial charge in [0, 0.05) is 19.6 Å². The Morgan fingerprint density at radius 3 is 2.61 bits per heavy atom. The van der Waals surface area contributed by atoms with Crippen LogP contribution in [0.15, 0.2) is 42.2 Å². The first kappa shape index (κ1) is 18.5. The molecule has 0 aliphatic carbocycles. The van der Waals surface area contributed by atoms with Crippen LogP contribution in [-0.4, -0.2) is 48.7 Å². The summed E-state index contributed by atoms with van der Waals surface area (Å²) in [5.41, 5.74) is 1.97. The van der Waals surface area contributed by atoms with Gasteiger partial charge in [-0.2, -0.15) is 0 Å². The van der Waals surface area contributed by atoms with E-state index in [0.717, 1.165) is 24.4 Å². The average Bonchev–Trinajstić information content (AvgIpc) is 3.02. The molecule has 2 heterocycles. The number of ether oxygens (including phenoxy) is 3. The highest BCUT2D eigenvalue weighted by Crippen LogP contribution is 2.40. The van der Waals surface area contributed by atoms with Gasteiger partial charge in [0.2, 0.25) is 5.78 Å². The van der Waals surface area contributed by atoms with Gasteiger partial charge in [-0.05, 0) is 42.8 Å². The molecule has 0 bridgehead atoms. The van der Waals surface area contributed by atoms with E-state index in [1.54, 1.807) is 18.2 Å². The molecule has 0 unspecified atom stereocenters. The highest BCUT2D eigenvalue weighted by atomic mass is 16.5. The first-order valence-electron chi connectivity index (χ1n) is 9.47. The number of hydrogen-bond acceptors (Lipinski definition) is 6. The minimum absolute atomic E-state index is 0.139. The standard InChI is InChI=1S/C22H23NO5/c1-2-27-16-5-3-15(4-6-16)13-20-21(25)17-7-8-19(24)18(22(17)28-20)14-23-9-11-26-12-10-23/h3-8,13,24H,2,9-12,14H2,1H3/b20-13-. The fourth-order valence-corrected chi connectivity index (χ4v) is 3.41. The smallest absolute Gasteiger partial charge is 0.231 e. The van der Waals surface area contributed by atoms with Crippen molar-refractivity contribution in [3.8, 4) is 17.2 Å². The van der Waals surface area contributed by atoms with E-state index in [1.807, 2.05) is 31.2 Å². The molecule has 2 aliphatic rings. The van der Waals surface area contributed by atoms with Gasteiger partial charge in [0.15, 0.2) is 5.76 Å². The highest BCUT2D eigenvalue weighted by Gasteiger charge is 2.31. The van der Waals surface area contributed by atoms with Crippen molar-refractivity contribution in [2.45, 2.75) is 13.5 Å². The van der Waals surface area contributed by atoms with E-state index in [9.17, 15) is 9.90 Å². The zero-order valence-corrected chi connectivity index (χ0v) is 15.8. The largest absolute Gasteiger partial charge is 0.507 e. The fraction of sp³-hybridized carbons (Fsp3) is 0.318. The SMILES string of the molecule is CCOc1ccc(/C=C2\Oc3c(ccc(O)c3CN3CCOCC3)C2=O)cc1. The summed E-state index contributed by atoms with van der Waals surface area (Å²) < 4.78 is 16.7. The number of phenolic OH excluding ortho intramolecular Hbond substituents is 1. The third-order valence-corrected chi connectivity index (χ3v) is 4.89. The number of Topliss-reactive ketones (excluding diaryl/α,β-unsaturated/α-hetero) is 1. The van der Waals surface area contributed by atoms with Crippen molar-refractivity contribution in [1.29, 1.82) is 0 Å². The Kier molecular flexibility index (Phi) is 5.32. The van der Waals surface area contributed by atoms with Crippen molar-refractivity contribution in [2.24, 2.45) is 0 Å². The number of benzene rings is 2. The Morgan fingerprint density at radius 2 is 1.89 bits per heavy atom. The van der Waals surface area contributed by atoms with E-state index in [4.69, 9.17) is 14.2 Å². The second kappa shape index (κ2) is 8.04. The molecule has 1 N–H and O–H groups in total. The predicted octanol–water partition coefficient (Wildman–Crippen LogP) is 3.24. The molecule has 6 heteroatoms. The second-order valence-electron chi connectivity index (χ2n) is 6.77. The highest BCUT2D eigenvalue weighted by molar-refractivity contribution is 6.15. The summed E-state index contributed by atoms with van der Waals surface area (Å²) in [6.07, 6.45) is 1.72. The van der Waals surface area contributed by atoms with Crippen LogP contribution in [0, 0.1) is 0 Å². The number of fused-ring (bicyclic) bond motifs is 1. The molecule has 0 spiro atoms. The van der Waals surface area contributed by atoms with Crippen molar-refractivity contribution in [3.05, 3.63) is 58.8 Å². The average molecular weight is 381 g/mol. The molecule has 0 amide bonds. The van der Waals surface area contributed by atoms with Crippen LogP contribution in [0.5, 0.6) is 17.2 Å². The van der Waals surface area contributed by atoms with Gasteiger partial charge < -0.3 is 19.3 Å². The molecule has 2 aromatic rings. The van der Waals surface area contributed by atoms with Gasteiger partial charge in [0.1, 0.15) is 17.2 Å². The second-order valence-corrected chi connectivity index (χ2v) is 6.77. The number of carbonyl (C=O) groups excluding carboxylic acids is 1. The summed E-state index contributed by atoms with van der Waals surface area (Å²) in [5.74, 6) is 1.46. The topological polar surface area (TPSA) is 68.2 Å². The molecule has 0 aromatic heterocycles. The molecule has 4 rings (SSSR count). The summed E-state index contributed by atoms with van der Waals surface area (Å²) in [5, 5.41) is 10.4. The van der Waals surface area contributed by atoms with Gasteiger partial charge in [-0.1, -0.05) is 12.1 Å². The third kappa shape index (κ3) is 3.74. The van der Waals surface area contributed by atoms with E-state index in [0.29, 0.717) is 43.2 Å². The van der Waals surface area contributed by atoms with Crippen LogP contribution in [0.25, 0.3) is 6.08 Å². The molecular formula is C22H23NO5. The zero-order valence-electron chi connectivity index (χ0n) is 15.8. The van der Waals surface area contributed by atoms with E-state index >= 15 is 0 Å². The molecule has 0 saturated carbocycles. The molecule has 0 atom stereocenters. The van der Waals surface area contributed by atoms with Gasteiger partial charge in [-0.3, -0.25) is 9.69 Å². The number of allylic oxidation sites excluding steroid dienone is 1. The molecular weight excluding hydrogens is 358 g/mol. The van der Waals surface area contributed by atoms with Crippen LogP contribution in [0.3, 0.4) is 0 Å². The molecule has 1 fully saturated rings. The number of phenols is 1. The number of carbonyl (C=O) groups is 1. The summed E-state index contributed by atoms with van der Waals surface area (Å²) in [7, 11) is 0. The van der Waals surface area contributed by atoms with Crippen LogP contribution in [-0.2, 0) is 11.3 Å². The van der Waals surface area contributed by atoms with Crippen molar-refractivity contribution in [3.63, 3.8) is 0 Å². The number of hydrogen-bond donors (Lipinski definition) is 1. The van der Waals surface area contributed by atoms with Gasteiger partial charge in [-0.25, -0.2) is 0 Å². The fourth-order valence-electron chi connectivity index (χ4n) is 3.41. The predicted molar refractivity (Wildman–Crippen MR) is 105 cm³/mol. The lowest BCUT2D eigenvalue weighted by molar-refractivity contribution is 0.0336.